The highest BCUT2D eigenvalue weighted by Gasteiger charge is 2.54. The zero-order valence-corrected chi connectivity index (χ0v) is 29.2. The Labute approximate surface area is 274 Å². The number of ether oxygens (including phenoxy) is 4. The molecule has 0 saturated carbocycles. The molecule has 0 aromatic carbocycles. The highest BCUT2D eigenvalue weighted by molar-refractivity contribution is 7.54. The van der Waals surface area contributed by atoms with Gasteiger partial charge in [-0.3, -0.25) is 18.7 Å². The molecule has 2 aromatic heterocycles. The van der Waals surface area contributed by atoms with Gasteiger partial charge < -0.3 is 39.4 Å². The number of rotatable bonds is 18. The molecule has 3 heterocycles. The van der Waals surface area contributed by atoms with Crippen molar-refractivity contribution in [2.75, 3.05) is 32.2 Å². The van der Waals surface area contributed by atoms with Gasteiger partial charge in [0.2, 0.25) is 11.8 Å². The third kappa shape index (κ3) is 9.59. The number of hydrogen-bond acceptors (Lipinski definition) is 14. The number of anilines is 1. The molecule has 3 unspecified atom stereocenters. The van der Waals surface area contributed by atoms with E-state index in [1.165, 1.54) is 17.8 Å². The number of carbonyl (C=O) groups is 2. The zero-order chi connectivity index (χ0) is 35.1. The minimum atomic E-state index is -4.31. The van der Waals surface area contributed by atoms with E-state index in [1.54, 1.807) is 20.8 Å². The molecule has 1 aliphatic heterocycles. The van der Waals surface area contributed by atoms with Gasteiger partial charge in [0, 0.05) is 0 Å². The predicted molar refractivity (Wildman–Crippen MR) is 171 cm³/mol. The average Bonchev–Trinajstić information content (AvgIpc) is 3.48. The Kier molecular flexibility index (Phi) is 13.5. The number of aliphatic hydroxyl groups is 2. The fourth-order valence-electron chi connectivity index (χ4n) is 5.23. The van der Waals surface area contributed by atoms with Crippen molar-refractivity contribution in [1.82, 2.24) is 29.7 Å². The second kappa shape index (κ2) is 16.5. The van der Waals surface area contributed by atoms with Crippen molar-refractivity contribution in [3.05, 3.63) is 6.33 Å². The van der Waals surface area contributed by atoms with Gasteiger partial charge >= 0.3 is 19.6 Å². The summed E-state index contributed by atoms with van der Waals surface area (Å²) in [6.45, 7) is 13.9. The molecule has 6 N–H and O–H groups in total. The van der Waals surface area contributed by atoms with Crippen molar-refractivity contribution >= 4 is 36.7 Å². The summed E-state index contributed by atoms with van der Waals surface area (Å²) in [5, 5.41) is 28.2. The van der Waals surface area contributed by atoms with Crippen LogP contribution in [0.5, 0.6) is 5.88 Å². The highest BCUT2D eigenvalue weighted by atomic mass is 31.2. The lowest BCUT2D eigenvalue weighted by atomic mass is 9.96. The fourth-order valence-corrected chi connectivity index (χ4v) is 7.05. The van der Waals surface area contributed by atoms with E-state index in [-0.39, 0.29) is 60.9 Å². The molecule has 1 fully saturated rings. The molecule has 1 aliphatic rings. The molecule has 0 aliphatic carbocycles. The molecule has 18 heteroatoms. The average molecular weight is 688 g/mol. The number of aliphatic hydroxyl groups excluding tert-OH is 1. The van der Waals surface area contributed by atoms with Crippen molar-refractivity contribution in [2.45, 2.75) is 104 Å². The molecule has 0 spiro atoms. The van der Waals surface area contributed by atoms with Crippen LogP contribution in [0.25, 0.3) is 11.2 Å². The SMILES string of the molecule is CCOC(=O)[C@H](CC(C)C)NP(=O)(N[C@H](CC(C)C)C(=O)OCC)OC[C@H]1OC(n2cnc3c(OCC)nc(N)nc32)[C@@](C)(O)C1O. The summed E-state index contributed by atoms with van der Waals surface area (Å²) in [5.74, 6) is -1.28. The first kappa shape index (κ1) is 38.5. The number of aromatic nitrogens is 4. The summed E-state index contributed by atoms with van der Waals surface area (Å²) >= 11 is 0. The lowest BCUT2D eigenvalue weighted by Crippen LogP contribution is -2.47. The van der Waals surface area contributed by atoms with Crippen LogP contribution in [0.1, 0.15) is 74.5 Å². The third-order valence-corrected chi connectivity index (χ3v) is 9.14. The highest BCUT2D eigenvalue weighted by Crippen LogP contribution is 2.45. The number of nitrogen functional groups attached to an aromatic ring is 1. The van der Waals surface area contributed by atoms with Crippen molar-refractivity contribution in [1.29, 1.82) is 0 Å². The van der Waals surface area contributed by atoms with E-state index >= 15 is 0 Å². The van der Waals surface area contributed by atoms with E-state index in [0.717, 1.165) is 0 Å². The van der Waals surface area contributed by atoms with Gasteiger partial charge in [0.1, 0.15) is 29.9 Å². The van der Waals surface area contributed by atoms with E-state index < -0.39 is 62.3 Å². The van der Waals surface area contributed by atoms with Gasteiger partial charge in [0.25, 0.3) is 0 Å². The molecule has 3 rings (SSSR count). The second-order valence-corrected chi connectivity index (χ2v) is 14.2. The number of hydrogen-bond donors (Lipinski definition) is 5. The van der Waals surface area contributed by atoms with Crippen LogP contribution in [0, 0.1) is 11.8 Å². The molecule has 0 amide bonds. The Balaban J connectivity index is 1.94. The van der Waals surface area contributed by atoms with Crippen molar-refractivity contribution in [3.8, 4) is 5.88 Å². The maximum atomic E-state index is 14.5. The minimum absolute atomic E-state index is 0.0104. The zero-order valence-electron chi connectivity index (χ0n) is 28.3. The number of nitrogens with one attached hydrogen (secondary N) is 2. The summed E-state index contributed by atoms with van der Waals surface area (Å²) in [7, 11) is -4.31. The Morgan fingerprint density at radius 2 is 1.60 bits per heavy atom. The monoisotopic (exact) mass is 687 g/mol. The number of esters is 2. The molecule has 17 nitrogen and oxygen atoms in total. The third-order valence-electron chi connectivity index (χ3n) is 7.32. The first-order valence-electron chi connectivity index (χ1n) is 15.9. The smallest absolute Gasteiger partial charge is 0.342 e. The predicted octanol–water partition coefficient (Wildman–Crippen LogP) is 2.08. The lowest BCUT2D eigenvalue weighted by molar-refractivity contribution is -0.146. The van der Waals surface area contributed by atoms with Gasteiger partial charge in [-0.1, -0.05) is 27.7 Å². The lowest BCUT2D eigenvalue weighted by Gasteiger charge is -2.30. The van der Waals surface area contributed by atoms with Gasteiger partial charge in [0.15, 0.2) is 17.4 Å². The van der Waals surface area contributed by atoms with Crippen LogP contribution in [-0.4, -0.2) is 98.0 Å². The van der Waals surface area contributed by atoms with Gasteiger partial charge in [0.05, 0.1) is 32.8 Å². The summed E-state index contributed by atoms with van der Waals surface area (Å²) in [4.78, 5) is 38.4. The first-order chi connectivity index (χ1) is 22.1. The van der Waals surface area contributed by atoms with Crippen LogP contribution in [-0.2, 0) is 32.9 Å². The number of carbonyl (C=O) groups excluding carboxylic acids is 2. The number of nitrogens with two attached hydrogens (primary N) is 1. The molecule has 2 aromatic rings. The van der Waals surface area contributed by atoms with Gasteiger partial charge in [-0.15, -0.1) is 0 Å². The fraction of sp³-hybridized carbons (Fsp3) is 0.759. The maximum Gasteiger partial charge on any atom is 0.342 e. The van der Waals surface area contributed by atoms with Crippen LogP contribution < -0.4 is 20.6 Å². The van der Waals surface area contributed by atoms with Crippen LogP contribution >= 0.6 is 7.67 Å². The maximum absolute atomic E-state index is 14.5. The Bertz CT molecular complexity index is 1370. The summed E-state index contributed by atoms with van der Waals surface area (Å²) in [5.41, 5.74) is 4.42. The van der Waals surface area contributed by atoms with E-state index in [9.17, 15) is 24.4 Å². The van der Waals surface area contributed by atoms with Gasteiger partial charge in [-0.05, 0) is 52.4 Å². The first-order valence-corrected chi connectivity index (χ1v) is 17.5. The number of nitrogens with zero attached hydrogens (tertiary/aromatic N) is 4. The largest absolute Gasteiger partial charge is 0.476 e. The van der Waals surface area contributed by atoms with Gasteiger partial charge in [-0.2, -0.15) is 9.97 Å². The van der Waals surface area contributed by atoms with Crippen molar-refractivity contribution < 1.29 is 47.8 Å². The van der Waals surface area contributed by atoms with Crippen molar-refractivity contribution in [3.63, 3.8) is 0 Å². The number of imidazole rings is 1. The standard InChI is InChI=1S/C29H50N7O10P/c1-9-42-24-21-23(32-28(30)33-24)36(15-31-21)27-29(8,40)22(37)20(46-27)14-45-47(41,34-18(12-16(4)5)25(38)43-10-2)35-19(13-17(6)7)26(39)44-11-3/h15-20,22,27,37,40H,9-14H2,1-8H3,(H2,30,32,33)(H2,34,35,41)/t18-,19+,20-,22?,27?,29+,47?/m1/s1. The second-order valence-electron chi connectivity index (χ2n) is 12.3. The van der Waals surface area contributed by atoms with E-state index in [1.807, 2.05) is 27.7 Å². The molecule has 7 atom stereocenters. The molecule has 266 valence electrons. The van der Waals surface area contributed by atoms with Crippen LogP contribution in [0.4, 0.5) is 5.95 Å². The Morgan fingerprint density at radius 3 is 2.09 bits per heavy atom. The molecular formula is C29H50N7O10P. The Hall–Kier alpha value is -2.92. The minimum Gasteiger partial charge on any atom is -0.476 e. The van der Waals surface area contributed by atoms with Crippen LogP contribution in [0.2, 0.25) is 0 Å². The van der Waals surface area contributed by atoms with Crippen LogP contribution in [0.15, 0.2) is 6.33 Å². The number of fused-ring (bicyclic) bond motifs is 1. The van der Waals surface area contributed by atoms with E-state index in [4.69, 9.17) is 29.2 Å². The summed E-state index contributed by atoms with van der Waals surface area (Å²) in [6, 6.07) is -2.13. The summed E-state index contributed by atoms with van der Waals surface area (Å²) < 4.78 is 43.9. The van der Waals surface area contributed by atoms with Gasteiger partial charge in [-0.25, -0.2) is 15.2 Å². The molecule has 47 heavy (non-hydrogen) atoms. The molecule has 0 bridgehead atoms. The summed E-state index contributed by atoms with van der Waals surface area (Å²) in [6.07, 6.45) is -2.23. The normalized spacial score (nSPS) is 24.0. The molecule has 0 radical (unpaired) electrons. The quantitative estimate of drug-likeness (QED) is 0.111. The van der Waals surface area contributed by atoms with Crippen LogP contribution in [0.3, 0.4) is 0 Å². The Morgan fingerprint density at radius 1 is 1.04 bits per heavy atom. The van der Waals surface area contributed by atoms with Crippen molar-refractivity contribution in [2.24, 2.45) is 11.8 Å². The molecular weight excluding hydrogens is 637 g/mol. The molecule has 1 saturated heterocycles. The van der Waals surface area contributed by atoms with E-state index in [2.05, 4.69) is 25.1 Å². The topological polar surface area (TPSA) is 232 Å². The van der Waals surface area contributed by atoms with E-state index in [0.29, 0.717) is 6.61 Å².